The zero-order chi connectivity index (χ0) is 15.9. The van der Waals surface area contributed by atoms with Crippen LogP contribution in [0.25, 0.3) is 22.1 Å². The van der Waals surface area contributed by atoms with Crippen molar-refractivity contribution in [1.82, 2.24) is 15.3 Å². The molecule has 0 spiro atoms. The van der Waals surface area contributed by atoms with E-state index in [2.05, 4.69) is 15.3 Å². The highest BCUT2D eigenvalue weighted by molar-refractivity contribution is 6.01. The quantitative estimate of drug-likeness (QED) is 0.686. The molecule has 2 aromatic heterocycles. The molecule has 0 radical (unpaired) electrons. The number of hydrogen-bond acceptors (Lipinski definition) is 5. The van der Waals surface area contributed by atoms with E-state index in [4.69, 9.17) is 4.42 Å². The van der Waals surface area contributed by atoms with E-state index in [0.717, 1.165) is 31.1 Å². The summed E-state index contributed by atoms with van der Waals surface area (Å²) in [4.78, 5) is 19.6. The number of fused-ring (bicyclic) bond motifs is 3. The smallest absolute Gasteiger partial charge is 0.294 e. The number of aliphatic hydroxyl groups is 1. The Morgan fingerprint density at radius 1 is 1.30 bits per heavy atom. The van der Waals surface area contributed by atoms with Crippen LogP contribution in [-0.2, 0) is 6.54 Å². The fraction of sp³-hybridized carbons (Fsp3) is 0.412. The number of rotatable bonds is 4. The monoisotopic (exact) mass is 313 g/mol. The molecule has 1 aliphatic rings. The molecule has 6 heteroatoms. The number of nitrogens with one attached hydrogen (secondary N) is 2. The number of benzene rings is 1. The predicted octanol–water partition coefficient (Wildman–Crippen LogP) is 2.06. The SMILES string of the molecule is O=c1[nH]c(CNC2(CO)CCCC2)nc2c1oc1ccccc12. The van der Waals surface area contributed by atoms with E-state index in [-0.39, 0.29) is 23.3 Å². The van der Waals surface area contributed by atoms with Crippen LogP contribution >= 0.6 is 0 Å². The maximum atomic E-state index is 12.2. The van der Waals surface area contributed by atoms with Crippen molar-refractivity contribution < 1.29 is 9.52 Å². The minimum atomic E-state index is -0.271. The molecule has 0 aliphatic heterocycles. The first-order valence-corrected chi connectivity index (χ1v) is 7.97. The molecule has 4 rings (SSSR count). The Kier molecular flexibility index (Phi) is 3.43. The van der Waals surface area contributed by atoms with Gasteiger partial charge in [-0.15, -0.1) is 0 Å². The Morgan fingerprint density at radius 2 is 2.09 bits per heavy atom. The van der Waals surface area contributed by atoms with Crippen molar-refractivity contribution >= 4 is 22.1 Å². The van der Waals surface area contributed by atoms with E-state index >= 15 is 0 Å². The highest BCUT2D eigenvalue weighted by Gasteiger charge is 2.32. The van der Waals surface area contributed by atoms with E-state index in [0.29, 0.717) is 23.5 Å². The lowest BCUT2D eigenvalue weighted by Gasteiger charge is -2.27. The van der Waals surface area contributed by atoms with Gasteiger partial charge in [0.2, 0.25) is 5.58 Å². The van der Waals surface area contributed by atoms with Crippen LogP contribution in [0.2, 0.25) is 0 Å². The van der Waals surface area contributed by atoms with Crippen molar-refractivity contribution in [2.45, 2.75) is 37.8 Å². The molecule has 3 aromatic rings. The van der Waals surface area contributed by atoms with Gasteiger partial charge in [0.25, 0.3) is 5.56 Å². The molecule has 23 heavy (non-hydrogen) atoms. The van der Waals surface area contributed by atoms with Gasteiger partial charge in [-0.2, -0.15) is 0 Å². The number of H-pyrrole nitrogens is 1. The third-order valence-electron chi connectivity index (χ3n) is 4.77. The van der Waals surface area contributed by atoms with Crippen molar-refractivity contribution in [2.24, 2.45) is 0 Å². The number of aromatic amines is 1. The molecule has 2 heterocycles. The molecule has 0 unspecified atom stereocenters. The van der Waals surface area contributed by atoms with Crippen LogP contribution in [0.3, 0.4) is 0 Å². The van der Waals surface area contributed by atoms with Crippen LogP contribution in [0.15, 0.2) is 33.5 Å². The van der Waals surface area contributed by atoms with E-state index in [9.17, 15) is 9.90 Å². The zero-order valence-corrected chi connectivity index (χ0v) is 12.8. The van der Waals surface area contributed by atoms with E-state index in [1.165, 1.54) is 0 Å². The second kappa shape index (κ2) is 5.47. The first kappa shape index (κ1) is 14.4. The van der Waals surface area contributed by atoms with Gasteiger partial charge in [-0.1, -0.05) is 25.0 Å². The molecule has 0 saturated heterocycles. The molecule has 1 saturated carbocycles. The highest BCUT2D eigenvalue weighted by Crippen LogP contribution is 2.29. The van der Waals surface area contributed by atoms with Gasteiger partial charge in [0.15, 0.2) is 0 Å². The Hall–Kier alpha value is -2.18. The van der Waals surface area contributed by atoms with Crippen molar-refractivity contribution in [3.8, 4) is 0 Å². The number of aromatic nitrogens is 2. The van der Waals surface area contributed by atoms with Gasteiger partial charge in [-0.05, 0) is 25.0 Å². The lowest BCUT2D eigenvalue weighted by atomic mass is 9.99. The average molecular weight is 313 g/mol. The molecule has 3 N–H and O–H groups in total. The standard InChI is InChI=1S/C17H19N3O3/c21-10-17(7-3-4-8-17)18-9-13-19-14-11-5-1-2-6-12(11)23-15(14)16(22)20-13/h1-2,5-6,18,21H,3-4,7-10H2,(H,19,20,22). The van der Waals surface area contributed by atoms with Crippen molar-refractivity contribution in [2.75, 3.05) is 6.61 Å². The summed E-state index contributed by atoms with van der Waals surface area (Å²) < 4.78 is 5.59. The first-order valence-electron chi connectivity index (χ1n) is 7.97. The van der Waals surface area contributed by atoms with E-state index in [1.54, 1.807) is 0 Å². The molecule has 6 nitrogen and oxygen atoms in total. The normalized spacial score (nSPS) is 17.3. The number of furan rings is 1. The van der Waals surface area contributed by atoms with Gasteiger partial charge in [-0.25, -0.2) is 4.98 Å². The molecular formula is C17H19N3O3. The molecule has 0 amide bonds. The van der Waals surface area contributed by atoms with Gasteiger partial charge in [0.05, 0.1) is 13.2 Å². The lowest BCUT2D eigenvalue weighted by Crippen LogP contribution is -2.45. The minimum Gasteiger partial charge on any atom is -0.449 e. The Bertz CT molecular complexity index is 906. The molecule has 1 fully saturated rings. The van der Waals surface area contributed by atoms with Crippen LogP contribution in [0.1, 0.15) is 31.5 Å². The maximum Gasteiger partial charge on any atom is 0.294 e. The molecule has 120 valence electrons. The molecule has 0 atom stereocenters. The number of aliphatic hydroxyl groups excluding tert-OH is 1. The number of nitrogens with zero attached hydrogens (tertiary/aromatic N) is 1. The Balaban J connectivity index is 1.70. The Morgan fingerprint density at radius 3 is 2.87 bits per heavy atom. The molecule has 1 aromatic carbocycles. The summed E-state index contributed by atoms with van der Waals surface area (Å²) in [6.07, 6.45) is 4.13. The first-order chi connectivity index (χ1) is 11.2. The number of hydrogen-bond donors (Lipinski definition) is 3. The third kappa shape index (κ3) is 2.44. The van der Waals surface area contributed by atoms with Gasteiger partial charge < -0.3 is 19.8 Å². The summed E-state index contributed by atoms with van der Waals surface area (Å²) in [5, 5.41) is 13.9. The minimum absolute atomic E-state index is 0.105. The summed E-state index contributed by atoms with van der Waals surface area (Å²) in [5.41, 5.74) is 0.991. The fourth-order valence-electron chi connectivity index (χ4n) is 3.45. The van der Waals surface area contributed by atoms with E-state index in [1.807, 2.05) is 24.3 Å². The lowest BCUT2D eigenvalue weighted by molar-refractivity contribution is 0.162. The van der Waals surface area contributed by atoms with Crippen LogP contribution < -0.4 is 10.9 Å². The number of para-hydroxylation sites is 1. The van der Waals surface area contributed by atoms with Gasteiger partial charge in [0, 0.05) is 10.9 Å². The topological polar surface area (TPSA) is 91.2 Å². The summed E-state index contributed by atoms with van der Waals surface area (Å²) in [6.45, 7) is 0.527. The summed E-state index contributed by atoms with van der Waals surface area (Å²) >= 11 is 0. The molecule has 0 bridgehead atoms. The summed E-state index contributed by atoms with van der Waals surface area (Å²) in [7, 11) is 0. The molecular weight excluding hydrogens is 294 g/mol. The second-order valence-electron chi connectivity index (χ2n) is 6.29. The maximum absolute atomic E-state index is 12.2. The second-order valence-corrected chi connectivity index (χ2v) is 6.29. The summed E-state index contributed by atoms with van der Waals surface area (Å²) in [5.74, 6) is 0.564. The van der Waals surface area contributed by atoms with Crippen LogP contribution in [0, 0.1) is 0 Å². The van der Waals surface area contributed by atoms with Crippen molar-refractivity contribution in [3.63, 3.8) is 0 Å². The van der Waals surface area contributed by atoms with Crippen LogP contribution in [0.4, 0.5) is 0 Å². The van der Waals surface area contributed by atoms with Crippen LogP contribution in [-0.4, -0.2) is 27.2 Å². The van der Waals surface area contributed by atoms with Crippen molar-refractivity contribution in [3.05, 3.63) is 40.4 Å². The fourth-order valence-corrected chi connectivity index (χ4v) is 3.45. The Labute approximate surface area is 132 Å². The third-order valence-corrected chi connectivity index (χ3v) is 4.77. The molecule has 1 aliphatic carbocycles. The summed E-state index contributed by atoms with van der Waals surface area (Å²) in [6, 6.07) is 7.49. The van der Waals surface area contributed by atoms with Crippen molar-refractivity contribution in [1.29, 1.82) is 0 Å². The van der Waals surface area contributed by atoms with Gasteiger partial charge in [-0.3, -0.25) is 4.79 Å². The van der Waals surface area contributed by atoms with Gasteiger partial charge in [0.1, 0.15) is 16.9 Å². The van der Waals surface area contributed by atoms with E-state index < -0.39 is 0 Å². The zero-order valence-electron chi connectivity index (χ0n) is 12.8. The van der Waals surface area contributed by atoms with Gasteiger partial charge >= 0.3 is 0 Å². The highest BCUT2D eigenvalue weighted by atomic mass is 16.3. The largest absolute Gasteiger partial charge is 0.449 e. The predicted molar refractivity (Wildman–Crippen MR) is 87.3 cm³/mol. The average Bonchev–Trinajstić information content (AvgIpc) is 3.19. The van der Waals surface area contributed by atoms with Crippen LogP contribution in [0.5, 0.6) is 0 Å².